The zero-order valence-electron chi connectivity index (χ0n) is 10.3. The standard InChI is InChI=1S/C12H13FN2O2S2/c1-9-8-10(13)2-3-11(9)19(16,17)15-5-4-12-14-6-7-18-12/h2-3,6-8,15H,4-5H2,1H3. The number of sulfonamides is 1. The minimum atomic E-state index is -3.60. The Morgan fingerprint density at radius 1 is 1.42 bits per heavy atom. The largest absolute Gasteiger partial charge is 0.250 e. The van der Waals surface area contributed by atoms with Crippen molar-refractivity contribution in [3.63, 3.8) is 0 Å². The highest BCUT2D eigenvalue weighted by Gasteiger charge is 2.16. The summed E-state index contributed by atoms with van der Waals surface area (Å²) in [7, 11) is -3.60. The SMILES string of the molecule is Cc1cc(F)ccc1S(=O)(=O)NCCc1nccs1. The molecule has 0 aliphatic rings. The lowest BCUT2D eigenvalue weighted by atomic mass is 10.2. The smallest absolute Gasteiger partial charge is 0.240 e. The molecule has 0 saturated carbocycles. The van der Waals surface area contributed by atoms with Gasteiger partial charge in [0.25, 0.3) is 0 Å². The highest BCUT2D eigenvalue weighted by atomic mass is 32.2. The Bertz CT molecular complexity index is 654. The Morgan fingerprint density at radius 2 is 2.21 bits per heavy atom. The molecule has 0 unspecified atom stereocenters. The summed E-state index contributed by atoms with van der Waals surface area (Å²) in [5, 5.41) is 2.71. The normalized spacial score (nSPS) is 11.7. The molecule has 19 heavy (non-hydrogen) atoms. The van der Waals surface area contributed by atoms with Crippen LogP contribution >= 0.6 is 11.3 Å². The number of thiazole rings is 1. The van der Waals surface area contributed by atoms with Gasteiger partial charge in [-0.3, -0.25) is 0 Å². The van der Waals surface area contributed by atoms with E-state index in [0.717, 1.165) is 11.1 Å². The van der Waals surface area contributed by atoms with Gasteiger partial charge in [-0.2, -0.15) is 0 Å². The van der Waals surface area contributed by atoms with Crippen LogP contribution in [0.15, 0.2) is 34.7 Å². The van der Waals surface area contributed by atoms with Gasteiger partial charge in [0.15, 0.2) is 0 Å². The fourth-order valence-corrected chi connectivity index (χ4v) is 3.54. The van der Waals surface area contributed by atoms with Crippen molar-refractivity contribution in [1.82, 2.24) is 9.71 Å². The van der Waals surface area contributed by atoms with Crippen LogP contribution in [0.25, 0.3) is 0 Å². The molecule has 0 bridgehead atoms. The molecule has 0 radical (unpaired) electrons. The first-order valence-electron chi connectivity index (χ1n) is 5.63. The predicted molar refractivity (Wildman–Crippen MR) is 72.1 cm³/mol. The maximum atomic E-state index is 13.0. The third-order valence-electron chi connectivity index (χ3n) is 2.54. The molecule has 102 valence electrons. The van der Waals surface area contributed by atoms with Gasteiger partial charge in [0.1, 0.15) is 5.82 Å². The molecular formula is C12H13FN2O2S2. The second kappa shape index (κ2) is 5.77. The minimum absolute atomic E-state index is 0.105. The lowest BCUT2D eigenvalue weighted by Crippen LogP contribution is -2.26. The number of hydrogen-bond donors (Lipinski definition) is 1. The quantitative estimate of drug-likeness (QED) is 0.920. The van der Waals surface area contributed by atoms with Crippen LogP contribution in [0.1, 0.15) is 10.6 Å². The number of nitrogens with zero attached hydrogens (tertiary/aromatic N) is 1. The predicted octanol–water partition coefficient (Wildman–Crippen LogP) is 2.11. The number of benzene rings is 1. The number of aromatic nitrogens is 1. The van der Waals surface area contributed by atoms with Crippen molar-refractivity contribution in [1.29, 1.82) is 0 Å². The van der Waals surface area contributed by atoms with Crippen molar-refractivity contribution < 1.29 is 12.8 Å². The Morgan fingerprint density at radius 3 is 2.84 bits per heavy atom. The first kappa shape index (κ1) is 14.1. The van der Waals surface area contributed by atoms with Gasteiger partial charge < -0.3 is 0 Å². The monoisotopic (exact) mass is 300 g/mol. The maximum Gasteiger partial charge on any atom is 0.240 e. The number of hydrogen-bond acceptors (Lipinski definition) is 4. The molecule has 1 heterocycles. The zero-order chi connectivity index (χ0) is 13.9. The lowest BCUT2D eigenvalue weighted by molar-refractivity contribution is 0.579. The van der Waals surface area contributed by atoms with Crippen molar-refractivity contribution in [2.45, 2.75) is 18.2 Å². The molecule has 0 saturated heterocycles. The Labute approximate surface area is 115 Å². The summed E-state index contributed by atoms with van der Waals surface area (Å²) in [6, 6.07) is 3.62. The van der Waals surface area contributed by atoms with Crippen LogP contribution in [0, 0.1) is 12.7 Å². The van der Waals surface area contributed by atoms with Gasteiger partial charge in [0.05, 0.1) is 9.90 Å². The Hall–Kier alpha value is -1.31. The molecule has 1 aromatic heterocycles. The average molecular weight is 300 g/mol. The van der Waals surface area contributed by atoms with Gasteiger partial charge in [0, 0.05) is 24.5 Å². The number of rotatable bonds is 5. The van der Waals surface area contributed by atoms with Crippen molar-refractivity contribution in [3.05, 3.63) is 46.2 Å². The third kappa shape index (κ3) is 3.59. The first-order valence-corrected chi connectivity index (χ1v) is 7.99. The lowest BCUT2D eigenvalue weighted by Gasteiger charge is -2.08. The minimum Gasteiger partial charge on any atom is -0.250 e. The molecule has 1 N–H and O–H groups in total. The maximum absolute atomic E-state index is 13.0. The van der Waals surface area contributed by atoms with Crippen LogP contribution in [-0.4, -0.2) is 19.9 Å². The van der Waals surface area contributed by atoms with Crippen LogP contribution in [0.3, 0.4) is 0 Å². The van der Waals surface area contributed by atoms with Gasteiger partial charge in [-0.15, -0.1) is 11.3 Å². The summed E-state index contributed by atoms with van der Waals surface area (Å²) in [5.74, 6) is -0.445. The van der Waals surface area contributed by atoms with E-state index in [1.807, 2.05) is 5.38 Å². The molecule has 4 nitrogen and oxygen atoms in total. The molecule has 0 aliphatic heterocycles. The van der Waals surface area contributed by atoms with E-state index in [1.54, 1.807) is 13.1 Å². The van der Waals surface area contributed by atoms with Crippen LogP contribution < -0.4 is 4.72 Å². The van der Waals surface area contributed by atoms with Gasteiger partial charge in [-0.05, 0) is 30.7 Å². The van der Waals surface area contributed by atoms with Crippen LogP contribution in [0.2, 0.25) is 0 Å². The number of halogens is 1. The second-order valence-corrected chi connectivity index (χ2v) is 6.70. The van der Waals surface area contributed by atoms with E-state index in [9.17, 15) is 12.8 Å². The van der Waals surface area contributed by atoms with Crippen molar-refractivity contribution in [2.24, 2.45) is 0 Å². The molecule has 0 aliphatic carbocycles. The molecule has 0 atom stereocenters. The highest BCUT2D eigenvalue weighted by Crippen LogP contribution is 2.16. The summed E-state index contributed by atoms with van der Waals surface area (Å²) in [4.78, 5) is 4.18. The van der Waals surface area contributed by atoms with E-state index in [0.29, 0.717) is 12.0 Å². The number of aryl methyl sites for hydroxylation is 1. The van der Waals surface area contributed by atoms with Crippen LogP contribution in [0.4, 0.5) is 4.39 Å². The van der Waals surface area contributed by atoms with Crippen molar-refractivity contribution in [2.75, 3.05) is 6.54 Å². The van der Waals surface area contributed by atoms with Gasteiger partial charge in [-0.25, -0.2) is 22.5 Å². The summed E-state index contributed by atoms with van der Waals surface area (Å²) in [6.45, 7) is 1.84. The highest BCUT2D eigenvalue weighted by molar-refractivity contribution is 7.89. The summed E-state index contributed by atoms with van der Waals surface area (Å²) in [6.07, 6.45) is 2.22. The van der Waals surface area contributed by atoms with E-state index in [-0.39, 0.29) is 11.4 Å². The van der Waals surface area contributed by atoms with Gasteiger partial charge in [-0.1, -0.05) is 0 Å². The Kier molecular flexibility index (Phi) is 4.28. The van der Waals surface area contributed by atoms with Gasteiger partial charge >= 0.3 is 0 Å². The summed E-state index contributed by atoms with van der Waals surface area (Å²) in [5.41, 5.74) is 0.391. The third-order valence-corrected chi connectivity index (χ3v) is 5.00. The van der Waals surface area contributed by atoms with E-state index in [1.165, 1.54) is 23.5 Å². The molecule has 7 heteroatoms. The molecule has 2 rings (SSSR count). The molecule has 1 aromatic carbocycles. The second-order valence-electron chi connectivity index (χ2n) is 3.98. The van der Waals surface area contributed by atoms with Gasteiger partial charge in [0.2, 0.25) is 10.0 Å². The molecule has 0 spiro atoms. The van der Waals surface area contributed by atoms with Crippen molar-refractivity contribution in [3.8, 4) is 0 Å². The molecule has 0 amide bonds. The summed E-state index contributed by atoms with van der Waals surface area (Å²) >= 11 is 1.48. The molecule has 0 fully saturated rings. The fourth-order valence-electron chi connectivity index (χ4n) is 1.66. The van der Waals surface area contributed by atoms with E-state index < -0.39 is 15.8 Å². The van der Waals surface area contributed by atoms with E-state index in [4.69, 9.17) is 0 Å². The molecular weight excluding hydrogens is 287 g/mol. The van der Waals surface area contributed by atoms with E-state index in [2.05, 4.69) is 9.71 Å². The van der Waals surface area contributed by atoms with Crippen LogP contribution in [0.5, 0.6) is 0 Å². The summed E-state index contributed by atoms with van der Waals surface area (Å²) < 4.78 is 39.5. The van der Waals surface area contributed by atoms with Crippen molar-refractivity contribution >= 4 is 21.4 Å². The Balaban J connectivity index is 2.05. The zero-order valence-corrected chi connectivity index (χ0v) is 11.9. The first-order chi connectivity index (χ1) is 8.99. The topological polar surface area (TPSA) is 59.1 Å². The van der Waals surface area contributed by atoms with E-state index >= 15 is 0 Å². The fraction of sp³-hybridized carbons (Fsp3) is 0.250. The number of nitrogens with one attached hydrogen (secondary N) is 1. The molecule has 2 aromatic rings. The van der Waals surface area contributed by atoms with Crippen LogP contribution in [-0.2, 0) is 16.4 Å². The average Bonchev–Trinajstić information content (AvgIpc) is 2.81.